The molecule has 0 fully saturated rings. The number of aromatic carboxylic acids is 1. The van der Waals surface area contributed by atoms with Crippen molar-refractivity contribution in [3.63, 3.8) is 0 Å². The van der Waals surface area contributed by atoms with E-state index in [4.69, 9.17) is 9.84 Å². The molecule has 0 aliphatic carbocycles. The van der Waals surface area contributed by atoms with Gasteiger partial charge in [-0.3, -0.25) is 10.1 Å². The Balaban J connectivity index is 2.54. The average molecular weight is 287 g/mol. The Morgan fingerprint density at radius 1 is 1.24 bits per heavy atom. The topological polar surface area (TPSA) is 89.7 Å². The Morgan fingerprint density at radius 2 is 2.00 bits per heavy atom. The maximum atomic E-state index is 11.1. The van der Waals surface area contributed by atoms with E-state index in [2.05, 4.69) is 0 Å². The zero-order valence-corrected chi connectivity index (χ0v) is 11.3. The predicted octanol–water partition coefficient (Wildman–Crippen LogP) is 3.36. The molecule has 1 N–H and O–H groups in total. The number of carboxylic acid groups (broad SMARTS) is 1. The first kappa shape index (κ1) is 14.5. The molecule has 0 spiro atoms. The fourth-order valence-electron chi connectivity index (χ4n) is 1.94. The van der Waals surface area contributed by atoms with E-state index < -0.39 is 10.9 Å². The monoisotopic (exact) mass is 287 g/mol. The van der Waals surface area contributed by atoms with E-state index in [0.717, 1.165) is 6.07 Å². The molecule has 0 bridgehead atoms. The van der Waals surface area contributed by atoms with Crippen LogP contribution < -0.4 is 4.74 Å². The summed E-state index contributed by atoms with van der Waals surface area (Å²) >= 11 is 0. The molecule has 0 radical (unpaired) electrons. The Bertz CT molecular complexity index is 664. The summed E-state index contributed by atoms with van der Waals surface area (Å²) in [6, 6.07) is 10.8. The van der Waals surface area contributed by atoms with Gasteiger partial charge in [-0.2, -0.15) is 0 Å². The van der Waals surface area contributed by atoms with E-state index in [0.29, 0.717) is 23.5 Å². The zero-order valence-electron chi connectivity index (χ0n) is 11.3. The van der Waals surface area contributed by atoms with Gasteiger partial charge in [-0.05, 0) is 36.2 Å². The summed E-state index contributed by atoms with van der Waals surface area (Å²) in [6.07, 6.45) is 0. The highest BCUT2D eigenvalue weighted by Crippen LogP contribution is 2.28. The minimum Gasteiger partial charge on any atom is -0.494 e. The minimum absolute atomic E-state index is 0.124. The van der Waals surface area contributed by atoms with Crippen LogP contribution >= 0.6 is 0 Å². The zero-order chi connectivity index (χ0) is 15.4. The van der Waals surface area contributed by atoms with Gasteiger partial charge in [-0.15, -0.1) is 0 Å². The molecule has 6 nitrogen and oxygen atoms in total. The van der Waals surface area contributed by atoms with Crippen LogP contribution in [0.5, 0.6) is 5.75 Å². The molecule has 0 atom stereocenters. The van der Waals surface area contributed by atoms with Crippen molar-refractivity contribution in [3.05, 3.63) is 58.1 Å². The number of rotatable bonds is 5. The van der Waals surface area contributed by atoms with Crippen LogP contribution in [0.1, 0.15) is 17.3 Å². The number of non-ortho nitro benzene ring substituents is 1. The van der Waals surface area contributed by atoms with Crippen molar-refractivity contribution < 1.29 is 19.6 Å². The third-order valence-corrected chi connectivity index (χ3v) is 2.85. The van der Waals surface area contributed by atoms with E-state index in [9.17, 15) is 14.9 Å². The largest absolute Gasteiger partial charge is 0.494 e. The lowest BCUT2D eigenvalue weighted by molar-refractivity contribution is -0.384. The smallest absolute Gasteiger partial charge is 0.335 e. The molecule has 0 amide bonds. The summed E-state index contributed by atoms with van der Waals surface area (Å²) in [4.78, 5) is 21.4. The number of hydrogen-bond donors (Lipinski definition) is 1. The van der Waals surface area contributed by atoms with Crippen LogP contribution in [0.3, 0.4) is 0 Å². The highest BCUT2D eigenvalue weighted by Gasteiger charge is 2.14. The maximum absolute atomic E-state index is 11.1. The van der Waals surface area contributed by atoms with Crippen LogP contribution in [0, 0.1) is 10.1 Å². The summed E-state index contributed by atoms with van der Waals surface area (Å²) in [5, 5.41) is 20.0. The number of nitrogens with zero attached hydrogens (tertiary/aromatic N) is 1. The minimum atomic E-state index is -1.21. The van der Waals surface area contributed by atoms with Crippen LogP contribution in [-0.4, -0.2) is 22.6 Å². The van der Waals surface area contributed by atoms with Crippen LogP contribution in [0.2, 0.25) is 0 Å². The Morgan fingerprint density at radius 3 is 2.62 bits per heavy atom. The second kappa shape index (κ2) is 6.04. The third kappa shape index (κ3) is 3.36. The van der Waals surface area contributed by atoms with Crippen molar-refractivity contribution in [1.29, 1.82) is 0 Å². The van der Waals surface area contributed by atoms with E-state index in [-0.39, 0.29) is 11.3 Å². The Labute approximate surface area is 120 Å². The number of carbonyl (C=O) groups is 1. The molecule has 0 aromatic heterocycles. The second-order valence-corrected chi connectivity index (χ2v) is 4.29. The summed E-state index contributed by atoms with van der Waals surface area (Å²) in [5.74, 6) is -0.584. The Hall–Kier alpha value is -2.89. The molecule has 0 aliphatic rings. The highest BCUT2D eigenvalue weighted by atomic mass is 16.6. The van der Waals surface area contributed by atoms with Crippen molar-refractivity contribution in [1.82, 2.24) is 0 Å². The third-order valence-electron chi connectivity index (χ3n) is 2.85. The highest BCUT2D eigenvalue weighted by molar-refractivity contribution is 5.90. The van der Waals surface area contributed by atoms with E-state index >= 15 is 0 Å². The number of carboxylic acids is 1. The molecule has 6 heteroatoms. The van der Waals surface area contributed by atoms with Crippen LogP contribution in [0.25, 0.3) is 11.1 Å². The number of nitro benzene ring substituents is 1. The fourth-order valence-corrected chi connectivity index (χ4v) is 1.94. The molecule has 2 aromatic rings. The van der Waals surface area contributed by atoms with Gasteiger partial charge >= 0.3 is 5.97 Å². The average Bonchev–Trinajstić information content (AvgIpc) is 2.47. The second-order valence-electron chi connectivity index (χ2n) is 4.29. The van der Waals surface area contributed by atoms with Crippen molar-refractivity contribution >= 4 is 11.7 Å². The molecule has 0 aliphatic heterocycles. The lowest BCUT2D eigenvalue weighted by Crippen LogP contribution is -1.99. The summed E-state index contributed by atoms with van der Waals surface area (Å²) in [6.45, 7) is 2.35. The van der Waals surface area contributed by atoms with Crippen LogP contribution in [0.4, 0.5) is 5.69 Å². The molecule has 2 aromatic carbocycles. The van der Waals surface area contributed by atoms with Crippen molar-refractivity contribution in [3.8, 4) is 16.9 Å². The number of ether oxygens (including phenoxy) is 1. The lowest BCUT2D eigenvalue weighted by atomic mass is 10.0. The SMILES string of the molecule is CCOc1cccc(-c2cc(C(=O)O)cc([N+](=O)[O-])c2)c1. The van der Waals surface area contributed by atoms with Gasteiger partial charge in [0.15, 0.2) is 0 Å². The molecular formula is C15H13NO5. The molecule has 0 heterocycles. The first-order valence-corrected chi connectivity index (χ1v) is 6.27. The number of benzene rings is 2. The van der Waals surface area contributed by atoms with E-state index in [1.807, 2.05) is 6.92 Å². The Kier molecular flexibility index (Phi) is 4.18. The van der Waals surface area contributed by atoms with Gasteiger partial charge in [0.2, 0.25) is 0 Å². The quantitative estimate of drug-likeness (QED) is 0.672. The lowest BCUT2D eigenvalue weighted by Gasteiger charge is -2.07. The molecule has 0 saturated heterocycles. The maximum Gasteiger partial charge on any atom is 0.335 e. The summed E-state index contributed by atoms with van der Waals surface area (Å²) < 4.78 is 5.37. The standard InChI is InChI=1S/C15H13NO5/c1-2-21-14-5-3-4-10(9-14)11-6-12(15(17)18)8-13(7-11)16(19)20/h3-9H,2H2,1H3,(H,17,18). The van der Waals surface area contributed by atoms with Crippen molar-refractivity contribution in [2.75, 3.05) is 6.61 Å². The first-order chi connectivity index (χ1) is 10.0. The molecule has 108 valence electrons. The summed E-state index contributed by atoms with van der Waals surface area (Å²) in [7, 11) is 0. The van der Waals surface area contributed by atoms with Crippen molar-refractivity contribution in [2.24, 2.45) is 0 Å². The molecule has 0 saturated carbocycles. The van der Waals surface area contributed by atoms with E-state index in [1.54, 1.807) is 24.3 Å². The van der Waals surface area contributed by atoms with Gasteiger partial charge in [0.05, 0.1) is 17.1 Å². The first-order valence-electron chi connectivity index (χ1n) is 6.27. The number of nitro groups is 1. The van der Waals surface area contributed by atoms with E-state index in [1.165, 1.54) is 12.1 Å². The predicted molar refractivity (Wildman–Crippen MR) is 76.7 cm³/mol. The fraction of sp³-hybridized carbons (Fsp3) is 0.133. The van der Waals surface area contributed by atoms with Crippen LogP contribution in [-0.2, 0) is 0 Å². The van der Waals surface area contributed by atoms with Gasteiger partial charge in [-0.25, -0.2) is 4.79 Å². The molecule has 2 rings (SSSR count). The van der Waals surface area contributed by atoms with Gasteiger partial charge in [0, 0.05) is 12.1 Å². The van der Waals surface area contributed by atoms with Crippen LogP contribution in [0.15, 0.2) is 42.5 Å². The molecule has 0 unspecified atom stereocenters. The summed E-state index contributed by atoms with van der Waals surface area (Å²) in [5.41, 5.74) is 0.739. The van der Waals surface area contributed by atoms with Gasteiger partial charge < -0.3 is 9.84 Å². The van der Waals surface area contributed by atoms with Crippen molar-refractivity contribution in [2.45, 2.75) is 6.92 Å². The molecular weight excluding hydrogens is 274 g/mol. The number of hydrogen-bond acceptors (Lipinski definition) is 4. The van der Waals surface area contributed by atoms with Gasteiger partial charge in [0.25, 0.3) is 5.69 Å². The van der Waals surface area contributed by atoms with Gasteiger partial charge in [0.1, 0.15) is 5.75 Å². The van der Waals surface area contributed by atoms with Gasteiger partial charge in [-0.1, -0.05) is 12.1 Å². The normalized spacial score (nSPS) is 10.1. The molecule has 21 heavy (non-hydrogen) atoms.